The van der Waals surface area contributed by atoms with Crippen LogP contribution in [0.1, 0.15) is 48.1 Å². The molecule has 5 nitrogen and oxygen atoms in total. The van der Waals surface area contributed by atoms with Crippen molar-refractivity contribution < 1.29 is 4.79 Å². The first-order valence-corrected chi connectivity index (χ1v) is 11.5. The van der Waals surface area contributed by atoms with E-state index in [-0.39, 0.29) is 11.5 Å². The number of para-hydroxylation sites is 1. The number of nitrogens with zero attached hydrogens (tertiary/aromatic N) is 3. The van der Waals surface area contributed by atoms with Crippen molar-refractivity contribution in [2.75, 3.05) is 6.54 Å². The van der Waals surface area contributed by atoms with Crippen LogP contribution in [0.3, 0.4) is 0 Å². The number of carbonyl (C=O) groups excluding carboxylic acids is 1. The fourth-order valence-electron chi connectivity index (χ4n) is 4.06. The fraction of sp³-hybridized carbons (Fsp3) is 0.222. The molecule has 1 aromatic heterocycles. The van der Waals surface area contributed by atoms with Gasteiger partial charge in [-0.25, -0.2) is 4.98 Å². The van der Waals surface area contributed by atoms with Gasteiger partial charge in [0.15, 0.2) is 0 Å². The fourth-order valence-corrected chi connectivity index (χ4v) is 4.28. The van der Waals surface area contributed by atoms with Crippen molar-refractivity contribution in [3.05, 3.63) is 111 Å². The highest BCUT2D eigenvalue weighted by Gasteiger charge is 2.27. The molecule has 4 aromatic rings. The topological polar surface area (TPSA) is 55.2 Å². The predicted molar refractivity (Wildman–Crippen MR) is 133 cm³/mol. The lowest BCUT2D eigenvalue weighted by atomic mass is 10.1. The van der Waals surface area contributed by atoms with Crippen LogP contribution in [0.25, 0.3) is 10.9 Å². The van der Waals surface area contributed by atoms with Crippen molar-refractivity contribution in [1.29, 1.82) is 0 Å². The maximum Gasteiger partial charge on any atom is 0.261 e. The summed E-state index contributed by atoms with van der Waals surface area (Å²) >= 11 is 6.34. The van der Waals surface area contributed by atoms with Crippen molar-refractivity contribution in [2.45, 2.75) is 32.9 Å². The van der Waals surface area contributed by atoms with E-state index < -0.39 is 6.04 Å². The Morgan fingerprint density at radius 3 is 2.39 bits per heavy atom. The van der Waals surface area contributed by atoms with Gasteiger partial charge in [0.05, 0.1) is 34.1 Å². The normalized spacial score (nSPS) is 12.0. The summed E-state index contributed by atoms with van der Waals surface area (Å²) in [7, 11) is 0. The first-order chi connectivity index (χ1) is 16.0. The molecule has 4 rings (SSSR count). The van der Waals surface area contributed by atoms with E-state index in [0.717, 1.165) is 12.0 Å². The second-order valence-electron chi connectivity index (χ2n) is 8.02. The molecule has 0 fully saturated rings. The molecule has 0 aliphatic heterocycles. The minimum atomic E-state index is -0.435. The molecule has 6 heteroatoms. The summed E-state index contributed by atoms with van der Waals surface area (Å²) in [6, 6.07) is 23.7. The molecule has 0 saturated carbocycles. The third kappa shape index (κ3) is 4.69. The zero-order chi connectivity index (χ0) is 23.4. The molecule has 0 spiro atoms. The third-order valence-corrected chi connectivity index (χ3v) is 6.08. The molecule has 1 atom stereocenters. The minimum absolute atomic E-state index is 0.118. The van der Waals surface area contributed by atoms with Crippen LogP contribution in [0.2, 0.25) is 5.02 Å². The Bertz CT molecular complexity index is 1330. The van der Waals surface area contributed by atoms with Crippen molar-refractivity contribution in [1.82, 2.24) is 14.5 Å². The van der Waals surface area contributed by atoms with Crippen LogP contribution < -0.4 is 5.56 Å². The van der Waals surface area contributed by atoms with Crippen LogP contribution in [0.15, 0.2) is 83.7 Å². The van der Waals surface area contributed by atoms with E-state index in [2.05, 4.69) is 0 Å². The number of carbonyl (C=O) groups is 1. The van der Waals surface area contributed by atoms with Crippen molar-refractivity contribution in [2.24, 2.45) is 0 Å². The second kappa shape index (κ2) is 10.0. The summed E-state index contributed by atoms with van der Waals surface area (Å²) in [5.41, 5.74) is 1.94. The smallest absolute Gasteiger partial charge is 0.261 e. The SMILES string of the molecule is CCCN(C(=O)c1ccccc1Cl)C(C)c1nc2ccccc2c(=O)n1Cc1ccccc1. The van der Waals surface area contributed by atoms with E-state index in [1.54, 1.807) is 39.8 Å². The molecule has 0 aliphatic rings. The summed E-state index contributed by atoms with van der Waals surface area (Å²) in [4.78, 5) is 33.7. The summed E-state index contributed by atoms with van der Waals surface area (Å²) in [6.07, 6.45) is 0.761. The molecule has 0 saturated heterocycles. The van der Waals surface area contributed by atoms with Gasteiger partial charge >= 0.3 is 0 Å². The zero-order valence-electron chi connectivity index (χ0n) is 18.7. The number of rotatable bonds is 7. The van der Waals surface area contributed by atoms with Gasteiger partial charge in [0.25, 0.3) is 11.5 Å². The van der Waals surface area contributed by atoms with E-state index in [4.69, 9.17) is 16.6 Å². The van der Waals surface area contributed by atoms with Gasteiger partial charge in [0, 0.05) is 6.54 Å². The molecular formula is C27H26ClN3O2. The zero-order valence-corrected chi connectivity index (χ0v) is 19.5. The summed E-state index contributed by atoms with van der Waals surface area (Å²) in [5, 5.41) is 0.966. The first kappa shape index (κ1) is 22.7. The number of aromatic nitrogens is 2. The van der Waals surface area contributed by atoms with E-state index in [0.29, 0.717) is 40.4 Å². The highest BCUT2D eigenvalue weighted by molar-refractivity contribution is 6.33. The summed E-state index contributed by atoms with van der Waals surface area (Å²) in [6.45, 7) is 4.82. The van der Waals surface area contributed by atoms with Crippen LogP contribution in [0.4, 0.5) is 0 Å². The summed E-state index contributed by atoms with van der Waals surface area (Å²) in [5.74, 6) is 0.375. The van der Waals surface area contributed by atoms with Crippen LogP contribution in [-0.2, 0) is 6.54 Å². The number of halogens is 1. The Hall–Kier alpha value is -3.44. The van der Waals surface area contributed by atoms with Gasteiger partial charge in [-0.3, -0.25) is 14.2 Å². The number of hydrogen-bond donors (Lipinski definition) is 0. The van der Waals surface area contributed by atoms with Gasteiger partial charge in [0.1, 0.15) is 5.82 Å². The predicted octanol–water partition coefficient (Wildman–Crippen LogP) is 5.71. The average molecular weight is 460 g/mol. The maximum absolute atomic E-state index is 13.5. The highest BCUT2D eigenvalue weighted by Crippen LogP contribution is 2.25. The number of fused-ring (bicyclic) bond motifs is 1. The number of amides is 1. The molecule has 1 heterocycles. The van der Waals surface area contributed by atoms with Crippen LogP contribution in [0, 0.1) is 0 Å². The number of benzene rings is 3. The van der Waals surface area contributed by atoms with Gasteiger partial charge < -0.3 is 4.90 Å². The molecule has 0 radical (unpaired) electrons. The van der Waals surface area contributed by atoms with Crippen LogP contribution >= 0.6 is 11.6 Å². The lowest BCUT2D eigenvalue weighted by molar-refractivity contribution is 0.0679. The Balaban J connectivity index is 1.85. The molecule has 0 N–H and O–H groups in total. The molecule has 33 heavy (non-hydrogen) atoms. The molecular weight excluding hydrogens is 434 g/mol. The molecule has 168 valence electrons. The Morgan fingerprint density at radius 1 is 1.00 bits per heavy atom. The van der Waals surface area contributed by atoms with E-state index in [1.165, 1.54) is 0 Å². The quantitative estimate of drug-likeness (QED) is 0.355. The maximum atomic E-state index is 13.5. The molecule has 3 aromatic carbocycles. The van der Waals surface area contributed by atoms with Crippen molar-refractivity contribution in [3.63, 3.8) is 0 Å². The molecule has 0 bridgehead atoms. The van der Waals surface area contributed by atoms with E-state index >= 15 is 0 Å². The molecule has 0 aliphatic carbocycles. The van der Waals surface area contributed by atoms with E-state index in [9.17, 15) is 9.59 Å². The minimum Gasteiger partial charge on any atom is -0.329 e. The molecule has 1 amide bonds. The average Bonchev–Trinajstić information content (AvgIpc) is 2.84. The van der Waals surface area contributed by atoms with Crippen molar-refractivity contribution in [3.8, 4) is 0 Å². The number of hydrogen-bond acceptors (Lipinski definition) is 3. The Labute approximate surface area is 198 Å². The Morgan fingerprint density at radius 2 is 1.67 bits per heavy atom. The molecule has 1 unspecified atom stereocenters. The van der Waals surface area contributed by atoms with Gasteiger partial charge in [0.2, 0.25) is 0 Å². The largest absolute Gasteiger partial charge is 0.329 e. The summed E-state index contributed by atoms with van der Waals surface area (Å²) < 4.78 is 1.69. The lowest BCUT2D eigenvalue weighted by Gasteiger charge is -2.30. The van der Waals surface area contributed by atoms with Gasteiger partial charge in [-0.2, -0.15) is 0 Å². The Kier molecular flexibility index (Phi) is 6.90. The monoisotopic (exact) mass is 459 g/mol. The van der Waals surface area contributed by atoms with E-state index in [1.807, 2.05) is 62.4 Å². The van der Waals surface area contributed by atoms with Gasteiger partial charge in [-0.05, 0) is 43.2 Å². The second-order valence-corrected chi connectivity index (χ2v) is 8.43. The first-order valence-electron chi connectivity index (χ1n) is 11.1. The van der Waals surface area contributed by atoms with Gasteiger partial charge in [-0.1, -0.05) is 73.1 Å². The van der Waals surface area contributed by atoms with Crippen LogP contribution in [-0.4, -0.2) is 26.9 Å². The highest BCUT2D eigenvalue weighted by atomic mass is 35.5. The lowest BCUT2D eigenvalue weighted by Crippen LogP contribution is -2.38. The van der Waals surface area contributed by atoms with Crippen LogP contribution in [0.5, 0.6) is 0 Å². The third-order valence-electron chi connectivity index (χ3n) is 5.75. The standard InChI is InChI=1S/C27H26ClN3O2/c1-3-17-30(26(32)21-13-7-9-15-23(21)28)19(2)25-29-24-16-10-8-14-22(24)27(33)31(25)18-20-11-5-4-6-12-20/h4-16,19H,3,17-18H2,1-2H3. The van der Waals surface area contributed by atoms with Crippen molar-refractivity contribution >= 4 is 28.4 Å². The van der Waals surface area contributed by atoms with Gasteiger partial charge in [-0.15, -0.1) is 0 Å².